The number of aryl methyl sites for hydroxylation is 2. The molecule has 2 rings (SSSR count). The quantitative estimate of drug-likeness (QED) is 0.847. The molecule has 0 amide bonds. The van der Waals surface area contributed by atoms with Crippen LogP contribution < -0.4 is 4.74 Å². The minimum absolute atomic E-state index is 0.140. The van der Waals surface area contributed by atoms with Crippen molar-refractivity contribution in [3.05, 3.63) is 39.7 Å². The summed E-state index contributed by atoms with van der Waals surface area (Å²) in [4.78, 5) is 1.14. The van der Waals surface area contributed by atoms with E-state index in [1.165, 1.54) is 0 Å². The number of aliphatic hydroxyl groups excluding tert-OH is 1. The Bertz CT molecular complexity index is 531. The van der Waals surface area contributed by atoms with Gasteiger partial charge in [-0.2, -0.15) is 5.10 Å². The number of hydrogen-bond acceptors (Lipinski definition) is 6. The maximum absolute atomic E-state index is 9.77. The minimum atomic E-state index is -0.682. The lowest BCUT2D eigenvalue weighted by Crippen LogP contribution is -2.23. The van der Waals surface area contributed by atoms with Crippen molar-refractivity contribution in [2.24, 2.45) is 0 Å². The van der Waals surface area contributed by atoms with E-state index in [0.29, 0.717) is 12.5 Å². The van der Waals surface area contributed by atoms with Crippen LogP contribution in [0.3, 0.4) is 0 Å². The van der Waals surface area contributed by atoms with Crippen LogP contribution in [-0.4, -0.2) is 34.6 Å². The van der Waals surface area contributed by atoms with Crippen LogP contribution in [-0.2, 0) is 11.3 Å². The van der Waals surface area contributed by atoms with Gasteiger partial charge in [-0.15, -0.1) is 16.4 Å². The van der Waals surface area contributed by atoms with E-state index in [0.717, 1.165) is 16.1 Å². The first-order valence-electron chi connectivity index (χ1n) is 6.37. The summed E-state index contributed by atoms with van der Waals surface area (Å²) in [5.74, 6) is 0.422. The normalized spacial score (nSPS) is 12.3. The van der Waals surface area contributed by atoms with Gasteiger partial charge in [-0.1, -0.05) is 6.07 Å². The summed E-state index contributed by atoms with van der Waals surface area (Å²) in [6, 6.07) is 5.78. The monoisotopic (exact) mass is 294 g/mol. The van der Waals surface area contributed by atoms with Crippen LogP contribution >= 0.6 is 11.3 Å². The molecular formula is C14H18N2O3S. The Labute approximate surface area is 122 Å². The van der Waals surface area contributed by atoms with E-state index in [4.69, 9.17) is 9.47 Å². The molecule has 2 aromatic rings. The Kier molecular flexibility index (Phi) is 5.46. The molecule has 0 saturated heterocycles. The van der Waals surface area contributed by atoms with Crippen molar-refractivity contribution in [2.75, 3.05) is 13.2 Å². The van der Waals surface area contributed by atoms with Gasteiger partial charge in [0.05, 0.1) is 18.9 Å². The third-order valence-electron chi connectivity index (χ3n) is 2.77. The summed E-state index contributed by atoms with van der Waals surface area (Å²) < 4.78 is 10.8. The molecule has 0 bridgehead atoms. The molecule has 0 aliphatic heterocycles. The zero-order valence-electron chi connectivity index (χ0n) is 11.6. The van der Waals surface area contributed by atoms with E-state index in [1.54, 1.807) is 11.3 Å². The molecule has 0 aliphatic rings. The summed E-state index contributed by atoms with van der Waals surface area (Å²) >= 11 is 1.63. The van der Waals surface area contributed by atoms with Crippen LogP contribution in [0.15, 0.2) is 23.6 Å². The molecule has 6 heteroatoms. The van der Waals surface area contributed by atoms with E-state index in [9.17, 15) is 5.11 Å². The molecule has 0 unspecified atom stereocenters. The summed E-state index contributed by atoms with van der Waals surface area (Å²) in [6.07, 6.45) is -0.682. The molecule has 0 radical (unpaired) electrons. The topological polar surface area (TPSA) is 64.5 Å². The van der Waals surface area contributed by atoms with E-state index in [2.05, 4.69) is 10.2 Å². The fourth-order valence-electron chi connectivity index (χ4n) is 1.51. The van der Waals surface area contributed by atoms with E-state index in [-0.39, 0.29) is 13.2 Å². The predicted molar refractivity (Wildman–Crippen MR) is 77.0 cm³/mol. The lowest BCUT2D eigenvalue weighted by atomic mass is 10.2. The second-order valence-electron chi connectivity index (χ2n) is 4.51. The SMILES string of the molecule is Cc1cc(OC[C@H](O)COCc2cccs2)nnc1C. The van der Waals surface area contributed by atoms with Gasteiger partial charge in [-0.3, -0.25) is 0 Å². The van der Waals surface area contributed by atoms with Gasteiger partial charge in [-0.25, -0.2) is 0 Å². The molecule has 0 fully saturated rings. The molecule has 0 aliphatic carbocycles. The highest BCUT2D eigenvalue weighted by molar-refractivity contribution is 7.09. The van der Waals surface area contributed by atoms with Gasteiger partial charge < -0.3 is 14.6 Å². The van der Waals surface area contributed by atoms with Crippen molar-refractivity contribution >= 4 is 11.3 Å². The molecule has 2 aromatic heterocycles. The van der Waals surface area contributed by atoms with Crippen molar-refractivity contribution in [2.45, 2.75) is 26.6 Å². The van der Waals surface area contributed by atoms with Gasteiger partial charge in [0.25, 0.3) is 0 Å². The number of nitrogens with zero attached hydrogens (tertiary/aromatic N) is 2. The molecule has 20 heavy (non-hydrogen) atoms. The van der Waals surface area contributed by atoms with Gasteiger partial charge >= 0.3 is 0 Å². The van der Waals surface area contributed by atoms with Crippen molar-refractivity contribution in [1.29, 1.82) is 0 Å². The van der Waals surface area contributed by atoms with Crippen LogP contribution in [0, 0.1) is 13.8 Å². The zero-order valence-corrected chi connectivity index (χ0v) is 12.4. The van der Waals surface area contributed by atoms with Gasteiger partial charge in [0.2, 0.25) is 5.88 Å². The van der Waals surface area contributed by atoms with Gasteiger partial charge in [0.15, 0.2) is 0 Å². The fraction of sp³-hybridized carbons (Fsp3) is 0.429. The summed E-state index contributed by atoms with van der Waals surface area (Å²) in [5.41, 5.74) is 1.88. The van der Waals surface area contributed by atoms with Crippen LogP contribution in [0.2, 0.25) is 0 Å². The molecule has 0 aromatic carbocycles. The highest BCUT2D eigenvalue weighted by Gasteiger charge is 2.08. The second kappa shape index (κ2) is 7.33. The van der Waals surface area contributed by atoms with Crippen molar-refractivity contribution < 1.29 is 14.6 Å². The lowest BCUT2D eigenvalue weighted by Gasteiger charge is -2.12. The van der Waals surface area contributed by atoms with E-state index >= 15 is 0 Å². The maximum Gasteiger partial charge on any atom is 0.233 e. The number of aliphatic hydroxyl groups is 1. The summed E-state index contributed by atoms with van der Waals surface area (Å²) in [6.45, 7) is 4.72. The molecule has 1 atom stereocenters. The third kappa shape index (κ3) is 4.56. The Hall–Kier alpha value is -1.50. The second-order valence-corrected chi connectivity index (χ2v) is 5.54. The molecule has 0 spiro atoms. The highest BCUT2D eigenvalue weighted by Crippen LogP contribution is 2.11. The van der Waals surface area contributed by atoms with E-state index < -0.39 is 6.10 Å². The highest BCUT2D eigenvalue weighted by atomic mass is 32.1. The Balaban J connectivity index is 1.69. The zero-order chi connectivity index (χ0) is 14.4. The smallest absolute Gasteiger partial charge is 0.233 e. The standard InChI is InChI=1S/C14H18N2O3S/c1-10-6-14(16-15-11(10)2)19-8-12(17)7-18-9-13-4-3-5-20-13/h3-6,12,17H,7-9H2,1-2H3/t12-/m1/s1. The Morgan fingerprint density at radius 3 is 2.85 bits per heavy atom. The molecule has 1 N–H and O–H groups in total. The average molecular weight is 294 g/mol. The number of thiophene rings is 1. The predicted octanol–water partition coefficient (Wildman–Crippen LogP) is 2.11. The van der Waals surface area contributed by atoms with Crippen LogP contribution in [0.25, 0.3) is 0 Å². The van der Waals surface area contributed by atoms with Gasteiger partial charge in [0, 0.05) is 10.9 Å². The first kappa shape index (κ1) is 14.9. The molecule has 0 saturated carbocycles. The van der Waals surface area contributed by atoms with Crippen LogP contribution in [0.1, 0.15) is 16.1 Å². The molecule has 5 nitrogen and oxygen atoms in total. The number of rotatable bonds is 7. The van der Waals surface area contributed by atoms with Crippen LogP contribution in [0.5, 0.6) is 5.88 Å². The van der Waals surface area contributed by atoms with E-state index in [1.807, 2.05) is 37.4 Å². The number of hydrogen-bond donors (Lipinski definition) is 1. The van der Waals surface area contributed by atoms with Crippen molar-refractivity contribution in [3.8, 4) is 5.88 Å². The third-order valence-corrected chi connectivity index (χ3v) is 3.62. The van der Waals surface area contributed by atoms with Gasteiger partial charge in [0.1, 0.15) is 12.7 Å². The lowest BCUT2D eigenvalue weighted by molar-refractivity contribution is 0.00524. The van der Waals surface area contributed by atoms with Crippen molar-refractivity contribution in [3.63, 3.8) is 0 Å². The first-order chi connectivity index (χ1) is 9.65. The Morgan fingerprint density at radius 2 is 2.15 bits per heavy atom. The van der Waals surface area contributed by atoms with Crippen LogP contribution in [0.4, 0.5) is 0 Å². The molecular weight excluding hydrogens is 276 g/mol. The molecule has 2 heterocycles. The number of aromatic nitrogens is 2. The molecule has 108 valence electrons. The largest absolute Gasteiger partial charge is 0.474 e. The summed E-state index contributed by atoms with van der Waals surface area (Å²) in [5, 5.41) is 19.6. The Morgan fingerprint density at radius 1 is 1.30 bits per heavy atom. The maximum atomic E-state index is 9.77. The number of ether oxygens (including phenoxy) is 2. The van der Waals surface area contributed by atoms with Crippen molar-refractivity contribution in [1.82, 2.24) is 10.2 Å². The minimum Gasteiger partial charge on any atom is -0.474 e. The van der Waals surface area contributed by atoms with Gasteiger partial charge in [-0.05, 0) is 30.9 Å². The summed E-state index contributed by atoms with van der Waals surface area (Å²) in [7, 11) is 0. The fourth-order valence-corrected chi connectivity index (χ4v) is 2.15. The average Bonchev–Trinajstić information content (AvgIpc) is 2.93. The first-order valence-corrected chi connectivity index (χ1v) is 7.25.